The molecule has 1 aliphatic rings. The summed E-state index contributed by atoms with van der Waals surface area (Å²) in [7, 11) is 1.37. The Morgan fingerprint density at radius 3 is 2.29 bits per heavy atom. The molecule has 0 spiro atoms. The quantitative estimate of drug-likeness (QED) is 0.103. The molecule has 0 radical (unpaired) electrons. The molecule has 1 aromatic heterocycles. The first-order chi connectivity index (χ1) is 20.0. The summed E-state index contributed by atoms with van der Waals surface area (Å²) < 4.78 is 49.0. The van der Waals surface area contributed by atoms with E-state index in [1.807, 2.05) is 18.2 Å². The molecular formula is C29H20ClF3N4O3S2. The number of carbonyl (C=O) groups is 2. The summed E-state index contributed by atoms with van der Waals surface area (Å²) in [5.41, 5.74) is -1.06. The van der Waals surface area contributed by atoms with E-state index in [0.29, 0.717) is 16.5 Å². The van der Waals surface area contributed by atoms with Gasteiger partial charge in [0.05, 0.1) is 5.69 Å². The number of thioether (sulfide) groups is 1. The summed E-state index contributed by atoms with van der Waals surface area (Å²) in [4.78, 5) is 27.5. The Morgan fingerprint density at radius 2 is 1.64 bits per heavy atom. The highest BCUT2D eigenvalue weighted by molar-refractivity contribution is 7.98. The van der Waals surface area contributed by atoms with Crippen molar-refractivity contribution in [3.05, 3.63) is 106 Å². The lowest BCUT2D eigenvalue weighted by Crippen LogP contribution is -2.54. The lowest BCUT2D eigenvalue weighted by Gasteiger charge is -2.29. The molecule has 7 nitrogen and oxygen atoms in total. The first-order valence-electron chi connectivity index (χ1n) is 12.3. The van der Waals surface area contributed by atoms with Crippen LogP contribution in [0.1, 0.15) is 16.8 Å². The van der Waals surface area contributed by atoms with Crippen molar-refractivity contribution in [3.8, 4) is 11.5 Å². The number of nitrogens with zero attached hydrogens (tertiary/aromatic N) is 3. The number of carbonyl (C=O) groups excluding carboxylic acids is 2. The highest BCUT2D eigenvalue weighted by atomic mass is 35.5. The van der Waals surface area contributed by atoms with Crippen molar-refractivity contribution in [2.75, 3.05) is 4.90 Å². The Hall–Kier alpha value is -4.13. The fraction of sp³-hybridized carbons (Fsp3) is 0.103. The number of alkyl halides is 3. The number of thiocarbonyl (C=S) groups is 1. The molecule has 0 aliphatic carbocycles. The number of aromatic nitrogens is 2. The molecule has 1 fully saturated rings. The second kappa shape index (κ2) is 12.0. The number of hydrogen-bond donors (Lipinski definition) is 1. The molecular weight excluding hydrogens is 609 g/mol. The Labute approximate surface area is 252 Å². The van der Waals surface area contributed by atoms with Gasteiger partial charge in [0.1, 0.15) is 22.1 Å². The van der Waals surface area contributed by atoms with Crippen molar-refractivity contribution in [2.24, 2.45) is 7.05 Å². The van der Waals surface area contributed by atoms with E-state index in [0.717, 1.165) is 33.0 Å². The largest absolute Gasteiger partial charge is 0.457 e. The average molecular weight is 629 g/mol. The van der Waals surface area contributed by atoms with Crippen molar-refractivity contribution in [1.29, 1.82) is 0 Å². The first-order valence-corrected chi connectivity index (χ1v) is 14.0. The van der Waals surface area contributed by atoms with Crippen LogP contribution >= 0.6 is 35.6 Å². The van der Waals surface area contributed by atoms with Crippen LogP contribution in [-0.4, -0.2) is 26.7 Å². The maximum absolute atomic E-state index is 14.0. The van der Waals surface area contributed by atoms with Crippen LogP contribution in [0.25, 0.3) is 6.08 Å². The van der Waals surface area contributed by atoms with E-state index in [-0.39, 0.29) is 21.6 Å². The predicted octanol–water partition coefficient (Wildman–Crippen LogP) is 7.01. The van der Waals surface area contributed by atoms with Gasteiger partial charge in [0.2, 0.25) is 0 Å². The number of amides is 2. The second-order valence-corrected chi connectivity index (χ2v) is 10.8. The Morgan fingerprint density at radius 1 is 1.00 bits per heavy atom. The van der Waals surface area contributed by atoms with E-state index in [4.69, 9.17) is 28.6 Å². The van der Waals surface area contributed by atoms with Crippen LogP contribution < -0.4 is 15.0 Å². The van der Waals surface area contributed by atoms with Crippen molar-refractivity contribution < 1.29 is 27.5 Å². The van der Waals surface area contributed by atoms with E-state index in [1.165, 1.54) is 7.05 Å². The molecule has 1 N–H and O–H groups in total. The van der Waals surface area contributed by atoms with Gasteiger partial charge in [-0.05, 0) is 72.4 Å². The lowest BCUT2D eigenvalue weighted by molar-refractivity contribution is -0.141. The maximum Gasteiger partial charge on any atom is 0.435 e. The van der Waals surface area contributed by atoms with Gasteiger partial charge in [0.15, 0.2) is 10.8 Å². The normalized spacial score (nSPS) is 14.8. The predicted molar refractivity (Wildman–Crippen MR) is 158 cm³/mol. The number of rotatable bonds is 7. The van der Waals surface area contributed by atoms with Crippen LogP contribution in [0.4, 0.5) is 18.9 Å². The molecule has 1 aliphatic heterocycles. The van der Waals surface area contributed by atoms with E-state index < -0.39 is 34.8 Å². The van der Waals surface area contributed by atoms with Crippen LogP contribution in [0.5, 0.6) is 11.5 Å². The van der Waals surface area contributed by atoms with Gasteiger partial charge in [0, 0.05) is 23.4 Å². The van der Waals surface area contributed by atoms with Crippen molar-refractivity contribution in [1.82, 2.24) is 15.1 Å². The molecule has 0 saturated carbocycles. The Balaban J connectivity index is 1.47. The third-order valence-corrected chi connectivity index (χ3v) is 7.82. The van der Waals surface area contributed by atoms with Gasteiger partial charge >= 0.3 is 6.18 Å². The van der Waals surface area contributed by atoms with Crippen molar-refractivity contribution in [2.45, 2.75) is 17.0 Å². The summed E-state index contributed by atoms with van der Waals surface area (Å²) in [5, 5.41) is 6.50. The molecule has 214 valence electrons. The van der Waals surface area contributed by atoms with Crippen molar-refractivity contribution in [3.63, 3.8) is 0 Å². The van der Waals surface area contributed by atoms with Crippen LogP contribution in [0.3, 0.4) is 0 Å². The summed E-state index contributed by atoms with van der Waals surface area (Å²) in [5.74, 6) is -0.429. The van der Waals surface area contributed by atoms with Crippen LogP contribution in [0.2, 0.25) is 5.02 Å². The van der Waals surface area contributed by atoms with Gasteiger partial charge in [-0.15, -0.1) is 11.8 Å². The van der Waals surface area contributed by atoms with Gasteiger partial charge in [-0.25, -0.2) is 0 Å². The van der Waals surface area contributed by atoms with E-state index in [2.05, 4.69) is 10.4 Å². The minimum atomic E-state index is -4.85. The fourth-order valence-corrected chi connectivity index (χ4v) is 5.53. The van der Waals surface area contributed by atoms with Gasteiger partial charge in [-0.3, -0.25) is 24.5 Å². The molecule has 5 rings (SSSR count). The van der Waals surface area contributed by atoms with E-state index in [1.54, 1.807) is 60.7 Å². The number of hydrogen-bond acceptors (Lipinski definition) is 6. The zero-order valence-corrected chi connectivity index (χ0v) is 24.1. The highest BCUT2D eigenvalue weighted by Gasteiger charge is 2.40. The smallest absolute Gasteiger partial charge is 0.435 e. The van der Waals surface area contributed by atoms with Crippen LogP contribution in [0.15, 0.2) is 89.5 Å². The first kappa shape index (κ1) is 29.4. The molecule has 1 saturated heterocycles. The molecule has 42 heavy (non-hydrogen) atoms. The van der Waals surface area contributed by atoms with Gasteiger partial charge in [-0.2, -0.15) is 18.3 Å². The number of anilines is 1. The summed E-state index contributed by atoms with van der Waals surface area (Å²) in [6, 6.07) is 22.2. The molecule has 2 heterocycles. The molecule has 4 aromatic rings. The van der Waals surface area contributed by atoms with Gasteiger partial charge in [0.25, 0.3) is 11.8 Å². The Bertz CT molecular complexity index is 1690. The second-order valence-electron chi connectivity index (χ2n) is 8.97. The average Bonchev–Trinajstić information content (AvgIpc) is 3.27. The molecule has 3 aromatic carbocycles. The van der Waals surface area contributed by atoms with Crippen molar-refractivity contribution >= 4 is 64.3 Å². The summed E-state index contributed by atoms with van der Waals surface area (Å²) in [6.45, 7) is 0. The molecule has 0 bridgehead atoms. The number of benzene rings is 3. The van der Waals surface area contributed by atoms with Crippen LogP contribution in [0, 0.1) is 0 Å². The monoisotopic (exact) mass is 628 g/mol. The maximum atomic E-state index is 14.0. The fourth-order valence-electron chi connectivity index (χ4n) is 4.09. The number of aryl methyl sites for hydroxylation is 1. The number of ether oxygens (including phenoxy) is 1. The van der Waals surface area contributed by atoms with E-state index in [9.17, 15) is 22.8 Å². The summed E-state index contributed by atoms with van der Waals surface area (Å²) in [6.07, 6.45) is -3.93. The molecule has 0 unspecified atom stereocenters. The number of nitrogens with one attached hydrogen (secondary N) is 1. The summed E-state index contributed by atoms with van der Waals surface area (Å²) >= 11 is 12.3. The van der Waals surface area contributed by atoms with Crippen LogP contribution in [-0.2, 0) is 28.6 Å². The highest BCUT2D eigenvalue weighted by Crippen LogP contribution is 2.39. The van der Waals surface area contributed by atoms with Gasteiger partial charge < -0.3 is 4.74 Å². The molecule has 13 heteroatoms. The van der Waals surface area contributed by atoms with Gasteiger partial charge in [-0.1, -0.05) is 41.9 Å². The topological polar surface area (TPSA) is 76.5 Å². The SMILES string of the molecule is Cn1nc(C(F)(F)F)c(/C=C2\C(=O)NC(=S)N(c3ccc(Oc4ccccc4)cc3)C2=O)c1SCc1ccc(Cl)cc1. The Kier molecular flexibility index (Phi) is 8.39. The minimum absolute atomic E-state index is 0.118. The zero-order valence-electron chi connectivity index (χ0n) is 21.7. The number of para-hydroxylation sites is 1. The standard InChI is InChI=1S/C29H20ClF3N4O3S2/c1-36-27(42-16-17-7-9-18(30)10-8-17)22(24(35-36)29(31,32)33)15-23-25(38)34-28(41)37(26(23)39)19-11-13-21(14-12-19)40-20-5-3-2-4-6-20/h2-15H,16H2,1H3,(H,34,38,41)/b23-15+. The third kappa shape index (κ3) is 6.35. The lowest BCUT2D eigenvalue weighted by atomic mass is 10.1. The van der Waals surface area contributed by atoms with E-state index >= 15 is 0 Å². The molecule has 0 atom stereocenters. The molecule has 2 amide bonds. The third-order valence-electron chi connectivity index (χ3n) is 6.05. The number of halogens is 4. The minimum Gasteiger partial charge on any atom is -0.457 e. The zero-order chi connectivity index (χ0) is 30.0.